The van der Waals surface area contributed by atoms with E-state index in [1.165, 1.54) is 11.8 Å². The molecule has 0 radical (unpaired) electrons. The maximum Gasteiger partial charge on any atom is 0.277 e. The molecule has 1 N–H and O–H groups in total. The third kappa shape index (κ3) is 5.11. The van der Waals surface area contributed by atoms with Crippen LogP contribution in [0.1, 0.15) is 17.1 Å². The Bertz CT molecular complexity index is 1030. The number of thioether (sulfide) groups is 1. The highest BCUT2D eigenvalue weighted by Crippen LogP contribution is 2.26. The molecule has 2 aromatic heterocycles. The SMILES string of the molecule is Cc1cccc(OCc2nnc(SCc3csc(Nc4ccccc4)n3)o2)c1. The van der Waals surface area contributed by atoms with Crippen LogP contribution in [0.4, 0.5) is 10.8 Å². The van der Waals surface area contributed by atoms with Crippen molar-refractivity contribution in [3.05, 3.63) is 77.1 Å². The number of benzene rings is 2. The van der Waals surface area contributed by atoms with Crippen LogP contribution < -0.4 is 10.1 Å². The van der Waals surface area contributed by atoms with E-state index >= 15 is 0 Å². The van der Waals surface area contributed by atoms with Gasteiger partial charge in [-0.05, 0) is 36.8 Å². The van der Waals surface area contributed by atoms with E-state index in [0.29, 0.717) is 16.9 Å². The van der Waals surface area contributed by atoms with Crippen molar-refractivity contribution in [2.75, 3.05) is 5.32 Å². The lowest BCUT2D eigenvalue weighted by molar-refractivity contribution is 0.252. The molecule has 2 aromatic carbocycles. The fourth-order valence-electron chi connectivity index (χ4n) is 2.42. The minimum Gasteiger partial charge on any atom is -0.484 e. The molecular formula is C20H18N4O2S2. The van der Waals surface area contributed by atoms with Crippen molar-refractivity contribution >= 4 is 33.9 Å². The van der Waals surface area contributed by atoms with E-state index < -0.39 is 0 Å². The second-order valence-corrected chi connectivity index (χ2v) is 7.78. The first-order valence-electron chi connectivity index (χ1n) is 8.66. The van der Waals surface area contributed by atoms with Crippen molar-refractivity contribution in [3.8, 4) is 5.75 Å². The molecule has 0 unspecified atom stereocenters. The van der Waals surface area contributed by atoms with Crippen molar-refractivity contribution in [2.45, 2.75) is 24.5 Å². The summed E-state index contributed by atoms with van der Waals surface area (Å²) in [6, 6.07) is 17.8. The first kappa shape index (κ1) is 18.5. The molecule has 6 nitrogen and oxygen atoms in total. The lowest BCUT2D eigenvalue weighted by atomic mass is 10.2. The van der Waals surface area contributed by atoms with E-state index in [9.17, 15) is 0 Å². The topological polar surface area (TPSA) is 73.1 Å². The second kappa shape index (κ2) is 8.90. The molecule has 0 aliphatic carbocycles. The molecule has 4 aromatic rings. The van der Waals surface area contributed by atoms with Crippen LogP contribution in [0, 0.1) is 6.92 Å². The summed E-state index contributed by atoms with van der Waals surface area (Å²) in [5, 5.41) is 14.8. The Labute approximate surface area is 171 Å². The van der Waals surface area contributed by atoms with Gasteiger partial charge in [-0.25, -0.2) is 4.98 Å². The molecule has 0 atom stereocenters. The van der Waals surface area contributed by atoms with Gasteiger partial charge < -0.3 is 14.5 Å². The number of aromatic nitrogens is 3. The third-order valence-corrected chi connectivity index (χ3v) is 5.38. The van der Waals surface area contributed by atoms with E-state index in [2.05, 4.69) is 20.5 Å². The Balaban J connectivity index is 1.27. The van der Waals surface area contributed by atoms with Crippen LogP contribution >= 0.6 is 23.1 Å². The molecule has 0 spiro atoms. The fraction of sp³-hybridized carbons (Fsp3) is 0.150. The first-order chi connectivity index (χ1) is 13.7. The standard InChI is InChI=1S/C20H18N4O2S2/c1-14-6-5-9-17(10-14)25-11-18-23-24-20(26-18)28-13-16-12-27-19(22-16)21-15-7-3-2-4-8-15/h2-10,12H,11,13H2,1H3,(H,21,22). The average Bonchev–Trinajstić information content (AvgIpc) is 3.35. The first-order valence-corrected chi connectivity index (χ1v) is 10.5. The van der Waals surface area contributed by atoms with Gasteiger partial charge in [0.2, 0.25) is 0 Å². The summed E-state index contributed by atoms with van der Waals surface area (Å²) in [6.07, 6.45) is 0. The molecule has 0 bridgehead atoms. The van der Waals surface area contributed by atoms with Gasteiger partial charge in [0, 0.05) is 16.8 Å². The van der Waals surface area contributed by atoms with Crippen molar-refractivity contribution in [3.63, 3.8) is 0 Å². The lowest BCUT2D eigenvalue weighted by Crippen LogP contribution is -1.95. The number of para-hydroxylation sites is 1. The molecule has 0 aliphatic rings. The molecule has 0 fully saturated rings. The molecular weight excluding hydrogens is 392 g/mol. The smallest absolute Gasteiger partial charge is 0.277 e. The largest absolute Gasteiger partial charge is 0.484 e. The molecule has 0 amide bonds. The van der Waals surface area contributed by atoms with E-state index in [4.69, 9.17) is 9.15 Å². The Morgan fingerprint density at radius 3 is 2.86 bits per heavy atom. The maximum absolute atomic E-state index is 5.68. The Morgan fingerprint density at radius 1 is 1.11 bits per heavy atom. The summed E-state index contributed by atoms with van der Waals surface area (Å²) in [5.74, 6) is 1.90. The lowest BCUT2D eigenvalue weighted by Gasteiger charge is -2.03. The number of rotatable bonds is 8. The van der Waals surface area contributed by atoms with Crippen LogP contribution in [-0.4, -0.2) is 15.2 Å². The zero-order chi connectivity index (χ0) is 19.2. The molecule has 4 rings (SSSR count). The van der Waals surface area contributed by atoms with Gasteiger partial charge in [0.15, 0.2) is 11.7 Å². The summed E-state index contributed by atoms with van der Waals surface area (Å²) in [6.45, 7) is 2.27. The number of ether oxygens (including phenoxy) is 1. The van der Waals surface area contributed by atoms with Gasteiger partial charge in [-0.1, -0.05) is 42.1 Å². The van der Waals surface area contributed by atoms with Crippen LogP contribution in [-0.2, 0) is 12.4 Å². The van der Waals surface area contributed by atoms with Crippen molar-refractivity contribution in [1.29, 1.82) is 0 Å². The quantitative estimate of drug-likeness (QED) is 0.387. The Morgan fingerprint density at radius 2 is 2.00 bits per heavy atom. The van der Waals surface area contributed by atoms with E-state index in [1.54, 1.807) is 11.3 Å². The summed E-state index contributed by atoms with van der Waals surface area (Å²) in [7, 11) is 0. The monoisotopic (exact) mass is 410 g/mol. The molecule has 28 heavy (non-hydrogen) atoms. The van der Waals surface area contributed by atoms with E-state index in [-0.39, 0.29) is 6.61 Å². The minimum absolute atomic E-state index is 0.249. The average molecular weight is 411 g/mol. The van der Waals surface area contributed by atoms with Gasteiger partial charge in [-0.3, -0.25) is 0 Å². The van der Waals surface area contributed by atoms with Crippen LogP contribution in [0.15, 0.2) is 69.6 Å². The predicted octanol–water partition coefficient (Wildman–Crippen LogP) is 5.45. The summed E-state index contributed by atoms with van der Waals surface area (Å²) >= 11 is 3.03. The van der Waals surface area contributed by atoms with Crippen LogP contribution in [0.25, 0.3) is 0 Å². The number of hydrogen-bond donors (Lipinski definition) is 1. The van der Waals surface area contributed by atoms with Gasteiger partial charge in [0.25, 0.3) is 11.1 Å². The molecule has 142 valence electrons. The maximum atomic E-state index is 5.68. The number of anilines is 2. The van der Waals surface area contributed by atoms with Gasteiger partial charge in [0.1, 0.15) is 5.75 Å². The summed E-state index contributed by atoms with van der Waals surface area (Å²) in [4.78, 5) is 4.58. The predicted molar refractivity (Wildman–Crippen MR) is 111 cm³/mol. The van der Waals surface area contributed by atoms with E-state index in [0.717, 1.165) is 27.8 Å². The highest BCUT2D eigenvalue weighted by atomic mass is 32.2. The molecule has 0 aliphatic heterocycles. The second-order valence-electron chi connectivity index (χ2n) is 5.99. The summed E-state index contributed by atoms with van der Waals surface area (Å²) in [5.41, 5.74) is 3.12. The zero-order valence-electron chi connectivity index (χ0n) is 15.2. The van der Waals surface area contributed by atoms with Gasteiger partial charge >= 0.3 is 0 Å². The minimum atomic E-state index is 0.249. The number of thiazole rings is 1. The van der Waals surface area contributed by atoms with Crippen molar-refractivity contribution in [2.24, 2.45) is 0 Å². The number of hydrogen-bond acceptors (Lipinski definition) is 8. The Hall–Kier alpha value is -2.84. The van der Waals surface area contributed by atoms with Crippen LogP contribution in [0.5, 0.6) is 5.75 Å². The number of nitrogens with zero attached hydrogens (tertiary/aromatic N) is 3. The summed E-state index contributed by atoms with van der Waals surface area (Å²) < 4.78 is 11.3. The van der Waals surface area contributed by atoms with Gasteiger partial charge in [-0.2, -0.15) is 0 Å². The van der Waals surface area contributed by atoms with Gasteiger partial charge in [-0.15, -0.1) is 21.5 Å². The normalized spacial score (nSPS) is 10.8. The zero-order valence-corrected chi connectivity index (χ0v) is 16.8. The number of aryl methyl sites for hydroxylation is 1. The molecule has 0 saturated heterocycles. The molecule has 8 heteroatoms. The highest BCUT2D eigenvalue weighted by Gasteiger charge is 2.10. The van der Waals surface area contributed by atoms with Gasteiger partial charge in [0.05, 0.1) is 5.69 Å². The van der Waals surface area contributed by atoms with Crippen molar-refractivity contribution < 1.29 is 9.15 Å². The van der Waals surface area contributed by atoms with Crippen molar-refractivity contribution in [1.82, 2.24) is 15.2 Å². The highest BCUT2D eigenvalue weighted by molar-refractivity contribution is 7.98. The number of nitrogens with one attached hydrogen (secondary N) is 1. The van der Waals surface area contributed by atoms with Crippen LogP contribution in [0.2, 0.25) is 0 Å². The van der Waals surface area contributed by atoms with Crippen LogP contribution in [0.3, 0.4) is 0 Å². The fourth-order valence-corrected chi connectivity index (χ4v) is 3.93. The third-order valence-electron chi connectivity index (χ3n) is 3.72. The Kier molecular flexibility index (Phi) is 5.89. The molecule has 0 saturated carbocycles. The van der Waals surface area contributed by atoms with E-state index in [1.807, 2.05) is 66.9 Å². The molecule has 2 heterocycles.